The molecule has 3 aromatic rings. The summed E-state index contributed by atoms with van der Waals surface area (Å²) in [6, 6.07) is 5.27. The van der Waals surface area contributed by atoms with Crippen molar-refractivity contribution in [1.29, 1.82) is 0 Å². The number of aryl methyl sites for hydroxylation is 2. The van der Waals surface area contributed by atoms with Crippen LogP contribution in [0.3, 0.4) is 0 Å². The molecule has 3 rings (SSSR count). The molecule has 22 heavy (non-hydrogen) atoms. The lowest BCUT2D eigenvalue weighted by atomic mass is 10.2. The van der Waals surface area contributed by atoms with Crippen LogP contribution >= 0.6 is 11.3 Å². The molecule has 3 heterocycles. The minimum Gasteiger partial charge on any atom is -0.364 e. The number of H-pyrrole nitrogens is 2. The molecule has 0 aliphatic heterocycles. The lowest BCUT2D eigenvalue weighted by molar-refractivity contribution is 0.102. The first-order valence-electron chi connectivity index (χ1n) is 6.53. The second kappa shape index (κ2) is 5.57. The van der Waals surface area contributed by atoms with Crippen LogP contribution in [0.5, 0.6) is 0 Å². The van der Waals surface area contributed by atoms with Crippen LogP contribution in [-0.4, -0.2) is 26.1 Å². The number of anilines is 1. The number of hydrogen-bond acceptors (Lipinski definition) is 5. The molecule has 0 saturated carbocycles. The van der Waals surface area contributed by atoms with E-state index in [0.29, 0.717) is 11.5 Å². The van der Waals surface area contributed by atoms with Crippen LogP contribution in [0.1, 0.15) is 20.9 Å². The third kappa shape index (κ3) is 2.82. The molecule has 0 saturated heterocycles. The van der Waals surface area contributed by atoms with Gasteiger partial charge in [-0.1, -0.05) is 0 Å². The molecule has 7 nitrogen and oxygen atoms in total. The van der Waals surface area contributed by atoms with E-state index >= 15 is 0 Å². The largest absolute Gasteiger partial charge is 0.364 e. The number of rotatable bonds is 3. The minimum absolute atomic E-state index is 0.0175. The first-order valence-corrected chi connectivity index (χ1v) is 7.34. The van der Waals surface area contributed by atoms with E-state index in [1.54, 1.807) is 18.3 Å². The number of carbonyl (C=O) groups is 1. The van der Waals surface area contributed by atoms with Crippen molar-refractivity contribution in [3.63, 3.8) is 0 Å². The molecule has 112 valence electrons. The normalized spacial score (nSPS) is 10.6. The molecule has 0 aliphatic carbocycles. The van der Waals surface area contributed by atoms with E-state index in [-0.39, 0.29) is 16.9 Å². The van der Waals surface area contributed by atoms with Crippen LogP contribution in [0.2, 0.25) is 0 Å². The zero-order valence-corrected chi connectivity index (χ0v) is 12.7. The fourth-order valence-electron chi connectivity index (χ4n) is 1.91. The van der Waals surface area contributed by atoms with Gasteiger partial charge in [-0.15, -0.1) is 16.4 Å². The first-order chi connectivity index (χ1) is 10.5. The van der Waals surface area contributed by atoms with E-state index in [1.165, 1.54) is 12.3 Å². The Balaban J connectivity index is 1.80. The number of nitrogens with one attached hydrogen (secondary N) is 3. The molecule has 3 N–H and O–H groups in total. The van der Waals surface area contributed by atoms with Crippen LogP contribution in [0.25, 0.3) is 10.7 Å². The summed E-state index contributed by atoms with van der Waals surface area (Å²) in [7, 11) is 0. The monoisotopic (exact) mass is 315 g/mol. The number of amides is 1. The van der Waals surface area contributed by atoms with Crippen molar-refractivity contribution in [1.82, 2.24) is 20.2 Å². The molecule has 0 unspecified atom stereocenters. The smallest absolute Gasteiger partial charge is 0.263 e. The van der Waals surface area contributed by atoms with E-state index in [2.05, 4.69) is 25.5 Å². The fraction of sp³-hybridized carbons (Fsp3) is 0.143. The Morgan fingerprint density at radius 3 is 2.82 bits per heavy atom. The maximum Gasteiger partial charge on any atom is 0.263 e. The van der Waals surface area contributed by atoms with Crippen molar-refractivity contribution >= 4 is 23.2 Å². The Hall–Kier alpha value is -2.74. The zero-order valence-electron chi connectivity index (χ0n) is 11.9. The van der Waals surface area contributed by atoms with Crippen LogP contribution in [0.4, 0.5) is 5.95 Å². The number of hydrogen-bond donors (Lipinski definition) is 3. The Bertz CT molecular complexity index is 893. The number of aromatic amines is 2. The highest BCUT2D eigenvalue weighted by Gasteiger charge is 2.14. The van der Waals surface area contributed by atoms with E-state index in [4.69, 9.17) is 0 Å². The summed E-state index contributed by atoms with van der Waals surface area (Å²) in [4.78, 5) is 33.0. The van der Waals surface area contributed by atoms with Gasteiger partial charge in [0.15, 0.2) is 11.3 Å². The first kappa shape index (κ1) is 14.2. The van der Waals surface area contributed by atoms with Crippen LogP contribution in [-0.2, 0) is 0 Å². The fourth-order valence-corrected chi connectivity index (χ4v) is 2.72. The quantitative estimate of drug-likeness (QED) is 0.688. The topological polar surface area (TPSA) is 104 Å². The highest BCUT2D eigenvalue weighted by Crippen LogP contribution is 2.24. The highest BCUT2D eigenvalue weighted by molar-refractivity contribution is 7.15. The molecule has 0 atom stereocenters. The van der Waals surface area contributed by atoms with Gasteiger partial charge in [0.05, 0.1) is 4.88 Å². The van der Waals surface area contributed by atoms with Gasteiger partial charge in [0, 0.05) is 22.8 Å². The number of nitrogens with zero attached hydrogens (tertiary/aromatic N) is 2. The van der Waals surface area contributed by atoms with Gasteiger partial charge in [-0.2, -0.15) is 4.98 Å². The second-order valence-corrected chi connectivity index (χ2v) is 6.05. The summed E-state index contributed by atoms with van der Waals surface area (Å²) in [6.45, 7) is 3.74. The number of pyridine rings is 1. The Labute approximate surface area is 129 Å². The van der Waals surface area contributed by atoms with Gasteiger partial charge in [0.2, 0.25) is 5.95 Å². The molecule has 0 fully saturated rings. The second-order valence-electron chi connectivity index (χ2n) is 4.77. The molecular weight excluding hydrogens is 302 g/mol. The average molecular weight is 315 g/mol. The number of carbonyl (C=O) groups excluding carboxylic acids is 1. The van der Waals surface area contributed by atoms with Gasteiger partial charge < -0.3 is 4.98 Å². The summed E-state index contributed by atoms with van der Waals surface area (Å²) < 4.78 is 0. The van der Waals surface area contributed by atoms with E-state index in [9.17, 15) is 9.59 Å². The molecule has 3 aromatic heterocycles. The van der Waals surface area contributed by atoms with Crippen molar-refractivity contribution in [3.8, 4) is 10.7 Å². The van der Waals surface area contributed by atoms with E-state index < -0.39 is 5.91 Å². The number of aromatic nitrogens is 4. The van der Waals surface area contributed by atoms with Gasteiger partial charge in [0.25, 0.3) is 5.91 Å². The van der Waals surface area contributed by atoms with Crippen LogP contribution < -0.4 is 10.7 Å². The van der Waals surface area contributed by atoms with Gasteiger partial charge in [0.1, 0.15) is 5.56 Å². The lowest BCUT2D eigenvalue weighted by Gasteiger charge is -2.00. The highest BCUT2D eigenvalue weighted by atomic mass is 32.1. The molecule has 0 bridgehead atoms. The molecule has 8 heteroatoms. The summed E-state index contributed by atoms with van der Waals surface area (Å²) >= 11 is 1.57. The van der Waals surface area contributed by atoms with Crippen molar-refractivity contribution in [2.24, 2.45) is 0 Å². The van der Waals surface area contributed by atoms with Crippen molar-refractivity contribution in [2.45, 2.75) is 13.8 Å². The SMILES string of the molecule is Cc1cc(=O)c(C(=O)Nc2n[nH]c(-c3ccc(C)s3)n2)c[nH]1. The third-order valence-electron chi connectivity index (χ3n) is 2.99. The maximum atomic E-state index is 12.1. The summed E-state index contributed by atoms with van der Waals surface area (Å²) in [5.74, 6) is 0.159. The van der Waals surface area contributed by atoms with Gasteiger partial charge in [-0.3, -0.25) is 20.0 Å². The summed E-state index contributed by atoms with van der Waals surface area (Å²) in [5.41, 5.74) is 0.358. The van der Waals surface area contributed by atoms with Gasteiger partial charge in [-0.25, -0.2) is 0 Å². The molecule has 0 spiro atoms. The molecule has 0 radical (unpaired) electrons. The standard InChI is InChI=1S/C14H13N5O2S/c1-7-5-10(20)9(6-15-7)13(21)17-14-16-12(18-19-14)11-4-3-8(2)22-11/h3-6H,1-2H3,(H,15,20)(H2,16,17,18,19,21). The average Bonchev–Trinajstić information content (AvgIpc) is 3.07. The molecule has 0 aromatic carbocycles. The van der Waals surface area contributed by atoms with Crippen LogP contribution in [0, 0.1) is 13.8 Å². The summed E-state index contributed by atoms with van der Waals surface area (Å²) in [5, 5.41) is 9.21. The Morgan fingerprint density at radius 2 is 2.14 bits per heavy atom. The number of thiophene rings is 1. The van der Waals surface area contributed by atoms with E-state index in [0.717, 1.165) is 9.75 Å². The van der Waals surface area contributed by atoms with Crippen molar-refractivity contribution in [2.75, 3.05) is 5.32 Å². The van der Waals surface area contributed by atoms with Crippen molar-refractivity contribution in [3.05, 3.63) is 50.8 Å². The lowest BCUT2D eigenvalue weighted by Crippen LogP contribution is -2.22. The van der Waals surface area contributed by atoms with Gasteiger partial charge in [-0.05, 0) is 26.0 Å². The predicted molar refractivity (Wildman–Crippen MR) is 84.2 cm³/mol. The van der Waals surface area contributed by atoms with Crippen molar-refractivity contribution < 1.29 is 4.79 Å². The molecule has 0 aliphatic rings. The molecule has 1 amide bonds. The van der Waals surface area contributed by atoms with Gasteiger partial charge >= 0.3 is 0 Å². The zero-order chi connectivity index (χ0) is 15.7. The van der Waals surface area contributed by atoms with E-state index in [1.807, 2.05) is 19.1 Å². The third-order valence-corrected chi connectivity index (χ3v) is 3.99. The molecular formula is C14H13N5O2S. The Kier molecular flexibility index (Phi) is 3.60. The predicted octanol–water partition coefficient (Wildman–Crippen LogP) is 2.09. The minimum atomic E-state index is -0.547. The Morgan fingerprint density at radius 1 is 1.32 bits per heavy atom. The summed E-state index contributed by atoms with van der Waals surface area (Å²) in [6.07, 6.45) is 1.38. The maximum absolute atomic E-state index is 12.1. The van der Waals surface area contributed by atoms with Crippen LogP contribution in [0.15, 0.2) is 29.2 Å².